The molecule has 0 unspecified atom stereocenters. The van der Waals surface area contributed by atoms with Crippen molar-refractivity contribution in [1.82, 2.24) is 4.90 Å². The Kier molecular flexibility index (Phi) is 5.40. The highest BCUT2D eigenvalue weighted by Gasteiger charge is 2.05. The van der Waals surface area contributed by atoms with Gasteiger partial charge >= 0.3 is 5.97 Å². The second kappa shape index (κ2) is 7.50. The van der Waals surface area contributed by atoms with Crippen molar-refractivity contribution in [3.8, 4) is 5.75 Å². The van der Waals surface area contributed by atoms with E-state index in [1.165, 1.54) is 6.07 Å². The molecule has 0 aliphatic rings. The minimum Gasteiger partial charge on any atom is -0.494 e. The van der Waals surface area contributed by atoms with Gasteiger partial charge in [-0.15, -0.1) is 0 Å². The van der Waals surface area contributed by atoms with E-state index in [4.69, 9.17) is 14.3 Å². The van der Waals surface area contributed by atoms with Crippen LogP contribution in [0.2, 0.25) is 0 Å². The monoisotopic (exact) mass is 289 g/mol. The summed E-state index contributed by atoms with van der Waals surface area (Å²) < 4.78 is 10.9. The lowest BCUT2D eigenvalue weighted by Gasteiger charge is -2.15. The number of rotatable bonds is 8. The fourth-order valence-corrected chi connectivity index (χ4v) is 1.99. The van der Waals surface area contributed by atoms with Gasteiger partial charge < -0.3 is 14.3 Å². The number of carbonyl (C=O) groups is 1. The number of ether oxygens (including phenoxy) is 1. The average molecular weight is 289 g/mol. The van der Waals surface area contributed by atoms with Crippen LogP contribution in [0.3, 0.4) is 0 Å². The first-order valence-electron chi connectivity index (χ1n) is 6.82. The number of carboxylic acid groups (broad SMARTS) is 1. The summed E-state index contributed by atoms with van der Waals surface area (Å²) in [4.78, 5) is 13.0. The van der Waals surface area contributed by atoms with Gasteiger partial charge in [-0.2, -0.15) is 0 Å². The Bertz CT molecular complexity index is 565. The van der Waals surface area contributed by atoms with Crippen LogP contribution in [-0.4, -0.2) is 36.2 Å². The van der Waals surface area contributed by atoms with E-state index in [0.29, 0.717) is 12.4 Å². The SMILES string of the molecule is CN(CCCOc1cccc(C(=O)O)c1)Cc1ccco1. The fraction of sp³-hybridized carbons (Fsp3) is 0.312. The molecule has 2 aromatic rings. The summed E-state index contributed by atoms with van der Waals surface area (Å²) in [6.45, 7) is 2.19. The molecule has 5 nitrogen and oxygen atoms in total. The number of hydrogen-bond donors (Lipinski definition) is 1. The van der Waals surface area contributed by atoms with E-state index in [2.05, 4.69) is 4.90 Å². The molecular formula is C16H19NO4. The maximum atomic E-state index is 10.9. The summed E-state index contributed by atoms with van der Waals surface area (Å²) in [5.74, 6) is 0.579. The summed E-state index contributed by atoms with van der Waals surface area (Å²) in [6.07, 6.45) is 2.52. The zero-order valence-electron chi connectivity index (χ0n) is 12.0. The Morgan fingerprint density at radius 3 is 2.90 bits per heavy atom. The predicted molar refractivity (Wildman–Crippen MR) is 78.6 cm³/mol. The van der Waals surface area contributed by atoms with Gasteiger partial charge in [0.1, 0.15) is 11.5 Å². The summed E-state index contributed by atoms with van der Waals surface area (Å²) in [6, 6.07) is 10.4. The van der Waals surface area contributed by atoms with E-state index in [1.807, 2.05) is 19.2 Å². The van der Waals surface area contributed by atoms with Gasteiger partial charge in [0.05, 0.1) is 25.0 Å². The molecule has 0 saturated heterocycles. The Morgan fingerprint density at radius 2 is 2.19 bits per heavy atom. The lowest BCUT2D eigenvalue weighted by molar-refractivity contribution is 0.0696. The number of hydrogen-bond acceptors (Lipinski definition) is 4. The topological polar surface area (TPSA) is 62.9 Å². The van der Waals surface area contributed by atoms with Gasteiger partial charge in [0.2, 0.25) is 0 Å². The quantitative estimate of drug-likeness (QED) is 0.757. The molecular weight excluding hydrogens is 270 g/mol. The number of benzene rings is 1. The van der Waals surface area contributed by atoms with Gasteiger partial charge in [0, 0.05) is 6.54 Å². The first kappa shape index (κ1) is 15.1. The van der Waals surface area contributed by atoms with Crippen molar-refractivity contribution in [2.75, 3.05) is 20.2 Å². The standard InChI is InChI=1S/C16H19NO4/c1-17(12-15-7-3-9-21-15)8-4-10-20-14-6-2-5-13(11-14)16(18)19/h2-3,5-7,9,11H,4,8,10,12H2,1H3,(H,18,19). The van der Waals surface area contributed by atoms with E-state index in [1.54, 1.807) is 24.5 Å². The second-order valence-electron chi connectivity index (χ2n) is 4.85. The molecule has 21 heavy (non-hydrogen) atoms. The van der Waals surface area contributed by atoms with Gasteiger partial charge in [0.15, 0.2) is 0 Å². The molecule has 0 atom stereocenters. The number of aromatic carboxylic acids is 1. The molecule has 112 valence electrons. The molecule has 1 aromatic heterocycles. The highest BCUT2D eigenvalue weighted by Crippen LogP contribution is 2.13. The van der Waals surface area contributed by atoms with Crippen LogP contribution in [0.1, 0.15) is 22.5 Å². The average Bonchev–Trinajstić information content (AvgIpc) is 2.97. The van der Waals surface area contributed by atoms with Crippen LogP contribution in [0, 0.1) is 0 Å². The number of carboxylic acids is 1. The predicted octanol–water partition coefficient (Wildman–Crippen LogP) is 2.88. The Balaban J connectivity index is 1.69. The summed E-state index contributed by atoms with van der Waals surface area (Å²) >= 11 is 0. The first-order valence-corrected chi connectivity index (χ1v) is 6.82. The van der Waals surface area contributed by atoms with Crippen LogP contribution in [0.15, 0.2) is 47.1 Å². The van der Waals surface area contributed by atoms with E-state index in [-0.39, 0.29) is 5.56 Å². The van der Waals surface area contributed by atoms with Crippen LogP contribution < -0.4 is 4.74 Å². The maximum absolute atomic E-state index is 10.9. The molecule has 0 fully saturated rings. The third-order valence-electron chi connectivity index (χ3n) is 3.04. The zero-order valence-corrected chi connectivity index (χ0v) is 12.0. The first-order chi connectivity index (χ1) is 10.1. The van der Waals surface area contributed by atoms with E-state index in [9.17, 15) is 4.79 Å². The van der Waals surface area contributed by atoms with Crippen molar-refractivity contribution in [1.29, 1.82) is 0 Å². The Hall–Kier alpha value is -2.27. The van der Waals surface area contributed by atoms with Crippen molar-refractivity contribution in [3.63, 3.8) is 0 Å². The summed E-state index contributed by atoms with van der Waals surface area (Å²) in [5, 5.41) is 8.90. The van der Waals surface area contributed by atoms with E-state index in [0.717, 1.165) is 25.3 Å². The van der Waals surface area contributed by atoms with Gasteiger partial charge in [0.25, 0.3) is 0 Å². The lowest BCUT2D eigenvalue weighted by atomic mass is 10.2. The normalized spacial score (nSPS) is 10.8. The van der Waals surface area contributed by atoms with Gasteiger partial charge in [-0.05, 0) is 43.8 Å². The van der Waals surface area contributed by atoms with Crippen molar-refractivity contribution in [2.45, 2.75) is 13.0 Å². The third-order valence-corrected chi connectivity index (χ3v) is 3.04. The summed E-state index contributed by atoms with van der Waals surface area (Å²) in [5.41, 5.74) is 0.238. The van der Waals surface area contributed by atoms with Crippen LogP contribution in [0.4, 0.5) is 0 Å². The summed E-state index contributed by atoms with van der Waals surface area (Å²) in [7, 11) is 2.02. The molecule has 0 aliphatic carbocycles. The van der Waals surface area contributed by atoms with Gasteiger partial charge in [-0.25, -0.2) is 4.79 Å². The van der Waals surface area contributed by atoms with E-state index < -0.39 is 5.97 Å². The van der Waals surface area contributed by atoms with Crippen molar-refractivity contribution >= 4 is 5.97 Å². The molecule has 1 aromatic carbocycles. The molecule has 0 amide bonds. The van der Waals surface area contributed by atoms with E-state index >= 15 is 0 Å². The van der Waals surface area contributed by atoms with Gasteiger partial charge in [-0.1, -0.05) is 6.07 Å². The Labute approximate surface area is 123 Å². The number of nitrogens with zero attached hydrogens (tertiary/aromatic N) is 1. The molecule has 1 N–H and O–H groups in total. The highest BCUT2D eigenvalue weighted by atomic mass is 16.5. The molecule has 5 heteroatoms. The largest absolute Gasteiger partial charge is 0.494 e. The fourth-order valence-electron chi connectivity index (χ4n) is 1.99. The van der Waals surface area contributed by atoms with Crippen molar-refractivity contribution in [2.24, 2.45) is 0 Å². The molecule has 1 heterocycles. The van der Waals surface area contributed by atoms with Gasteiger partial charge in [-0.3, -0.25) is 4.90 Å². The second-order valence-corrected chi connectivity index (χ2v) is 4.85. The third kappa shape index (κ3) is 4.96. The maximum Gasteiger partial charge on any atom is 0.335 e. The minimum absolute atomic E-state index is 0.238. The molecule has 0 aliphatic heterocycles. The van der Waals surface area contributed by atoms with Crippen LogP contribution in [0.5, 0.6) is 5.75 Å². The Morgan fingerprint density at radius 1 is 1.33 bits per heavy atom. The van der Waals surface area contributed by atoms with Crippen LogP contribution in [-0.2, 0) is 6.54 Å². The number of furan rings is 1. The molecule has 0 radical (unpaired) electrons. The van der Waals surface area contributed by atoms with Crippen LogP contribution in [0.25, 0.3) is 0 Å². The zero-order chi connectivity index (χ0) is 15.1. The lowest BCUT2D eigenvalue weighted by Crippen LogP contribution is -2.20. The molecule has 0 bridgehead atoms. The molecule has 0 saturated carbocycles. The highest BCUT2D eigenvalue weighted by molar-refractivity contribution is 5.87. The smallest absolute Gasteiger partial charge is 0.335 e. The van der Waals surface area contributed by atoms with Crippen molar-refractivity contribution in [3.05, 3.63) is 54.0 Å². The van der Waals surface area contributed by atoms with Crippen molar-refractivity contribution < 1.29 is 19.1 Å². The molecule has 0 spiro atoms. The molecule has 2 rings (SSSR count). The minimum atomic E-state index is -0.946. The van der Waals surface area contributed by atoms with Crippen LogP contribution >= 0.6 is 0 Å².